The lowest BCUT2D eigenvalue weighted by molar-refractivity contribution is 0.0822. The summed E-state index contributed by atoms with van der Waals surface area (Å²) in [5, 5.41) is 9.10. The largest absolute Gasteiger partial charge is 0.343 e. The van der Waals surface area contributed by atoms with E-state index in [-0.39, 0.29) is 11.5 Å². The van der Waals surface area contributed by atoms with Gasteiger partial charge >= 0.3 is 0 Å². The van der Waals surface area contributed by atoms with Crippen LogP contribution in [0.2, 0.25) is 0 Å². The van der Waals surface area contributed by atoms with Crippen LogP contribution in [0.4, 0.5) is 0 Å². The molecular weight excluding hydrogens is 388 g/mol. The quantitative estimate of drug-likeness (QED) is 0.547. The monoisotopic (exact) mass is 408 g/mol. The first-order chi connectivity index (χ1) is 14.0. The lowest BCUT2D eigenvalue weighted by atomic mass is 10.2. The van der Waals surface area contributed by atoms with E-state index in [0.29, 0.717) is 17.9 Å². The molecule has 0 aliphatic heterocycles. The highest BCUT2D eigenvalue weighted by Crippen LogP contribution is 2.34. The second-order valence-corrected chi connectivity index (χ2v) is 7.85. The number of carbonyl (C=O) groups excluding carboxylic acids is 1. The molecule has 0 spiro atoms. The number of rotatable bonds is 5. The molecule has 0 aliphatic carbocycles. The van der Waals surface area contributed by atoms with Gasteiger partial charge in [-0.25, -0.2) is 4.98 Å². The molecule has 1 N–H and O–H groups in total. The molecule has 0 atom stereocenters. The fraction of sp³-hybridized carbons (Fsp3) is 0.250. The molecule has 4 aromatic rings. The summed E-state index contributed by atoms with van der Waals surface area (Å²) >= 11 is 1.50. The molecule has 8 nitrogen and oxygen atoms in total. The van der Waals surface area contributed by atoms with Crippen LogP contribution in [0.25, 0.3) is 32.2 Å². The standard InChI is InChI=1S/C20H20N6O2S/c1-4-9-26-16(27)8-6-13-17(23-24-18(13)26)15-11-22-19(29-15)12-5-7-14(21-10-12)20(28)25(2)3/h5-8,10-11H,4,9H2,1-3H3,(H,23,24). The number of nitrogens with one attached hydrogen (secondary N) is 1. The van der Waals surface area contributed by atoms with Gasteiger partial charge in [0.15, 0.2) is 5.65 Å². The first-order valence-electron chi connectivity index (χ1n) is 9.21. The van der Waals surface area contributed by atoms with Crippen LogP contribution >= 0.6 is 11.3 Å². The van der Waals surface area contributed by atoms with Gasteiger partial charge in [0.2, 0.25) is 0 Å². The number of hydrogen-bond donors (Lipinski definition) is 1. The van der Waals surface area contributed by atoms with Crippen LogP contribution in [-0.2, 0) is 6.54 Å². The number of carbonyl (C=O) groups is 1. The minimum Gasteiger partial charge on any atom is -0.343 e. The summed E-state index contributed by atoms with van der Waals surface area (Å²) in [7, 11) is 3.39. The number of fused-ring (bicyclic) bond motifs is 1. The molecule has 0 fully saturated rings. The number of pyridine rings is 2. The summed E-state index contributed by atoms with van der Waals surface area (Å²) in [5.41, 5.74) is 2.66. The van der Waals surface area contributed by atoms with E-state index in [4.69, 9.17) is 0 Å². The van der Waals surface area contributed by atoms with E-state index in [2.05, 4.69) is 20.2 Å². The van der Waals surface area contributed by atoms with Gasteiger partial charge in [0, 0.05) is 50.0 Å². The molecule has 0 radical (unpaired) electrons. The van der Waals surface area contributed by atoms with Crippen LogP contribution in [0, 0.1) is 0 Å². The van der Waals surface area contributed by atoms with E-state index in [1.807, 2.05) is 13.0 Å². The summed E-state index contributed by atoms with van der Waals surface area (Å²) in [6, 6.07) is 6.92. The fourth-order valence-corrected chi connectivity index (χ4v) is 4.00. The Morgan fingerprint density at radius 3 is 2.69 bits per heavy atom. The number of aromatic nitrogens is 5. The van der Waals surface area contributed by atoms with Gasteiger partial charge in [-0.15, -0.1) is 11.3 Å². The third-order valence-corrected chi connectivity index (χ3v) is 5.60. The predicted molar refractivity (Wildman–Crippen MR) is 113 cm³/mol. The van der Waals surface area contributed by atoms with E-state index >= 15 is 0 Å². The van der Waals surface area contributed by atoms with E-state index in [9.17, 15) is 9.59 Å². The Morgan fingerprint density at radius 1 is 1.17 bits per heavy atom. The number of nitrogens with zero attached hydrogens (tertiary/aromatic N) is 5. The maximum Gasteiger partial charge on any atom is 0.271 e. The number of H-pyrrole nitrogens is 1. The maximum atomic E-state index is 12.1. The molecule has 29 heavy (non-hydrogen) atoms. The SMILES string of the molecule is CCCn1c(=O)ccc2c(-c3cnc(-c4ccc(C(=O)N(C)C)nc4)s3)[nH]nc21. The van der Waals surface area contributed by atoms with E-state index < -0.39 is 0 Å². The van der Waals surface area contributed by atoms with E-state index in [1.165, 1.54) is 16.2 Å². The second-order valence-electron chi connectivity index (χ2n) is 6.82. The highest BCUT2D eigenvalue weighted by atomic mass is 32.1. The van der Waals surface area contributed by atoms with Crippen LogP contribution < -0.4 is 5.56 Å². The van der Waals surface area contributed by atoms with E-state index in [0.717, 1.165) is 32.9 Å². The van der Waals surface area contributed by atoms with Crippen molar-refractivity contribution < 1.29 is 4.79 Å². The third-order valence-electron chi connectivity index (χ3n) is 4.53. The van der Waals surface area contributed by atoms with Crippen LogP contribution in [-0.4, -0.2) is 49.6 Å². The van der Waals surface area contributed by atoms with Gasteiger partial charge in [0.05, 0.1) is 10.6 Å². The molecular formula is C20H20N6O2S. The zero-order valence-corrected chi connectivity index (χ0v) is 17.2. The topological polar surface area (TPSA) is 96.8 Å². The third kappa shape index (κ3) is 3.44. The smallest absolute Gasteiger partial charge is 0.271 e. The van der Waals surface area contributed by atoms with Crippen molar-refractivity contribution in [1.82, 2.24) is 29.6 Å². The van der Waals surface area contributed by atoms with Gasteiger partial charge in [0.25, 0.3) is 11.5 Å². The van der Waals surface area contributed by atoms with Gasteiger partial charge < -0.3 is 4.90 Å². The first-order valence-corrected chi connectivity index (χ1v) is 10.0. The van der Waals surface area contributed by atoms with Gasteiger partial charge in [-0.05, 0) is 24.6 Å². The Kier molecular flexibility index (Phi) is 4.98. The molecule has 4 rings (SSSR count). The molecule has 148 valence electrons. The lowest BCUT2D eigenvalue weighted by Gasteiger charge is -2.09. The molecule has 0 aliphatic rings. The number of amides is 1. The Labute approximate surface area is 170 Å². The molecule has 0 aromatic carbocycles. The highest BCUT2D eigenvalue weighted by Gasteiger charge is 2.16. The normalized spacial score (nSPS) is 11.1. The average molecular weight is 408 g/mol. The zero-order chi connectivity index (χ0) is 20.5. The fourth-order valence-electron chi connectivity index (χ4n) is 3.08. The molecule has 0 unspecified atom stereocenters. The number of hydrogen-bond acceptors (Lipinski definition) is 6. The summed E-state index contributed by atoms with van der Waals surface area (Å²) in [4.78, 5) is 35.3. The van der Waals surface area contributed by atoms with Crippen molar-refractivity contribution in [2.75, 3.05) is 14.1 Å². The molecule has 0 saturated heterocycles. The van der Waals surface area contributed by atoms with Crippen molar-refractivity contribution >= 4 is 28.3 Å². The number of thiazole rings is 1. The van der Waals surface area contributed by atoms with Crippen molar-refractivity contribution in [3.8, 4) is 21.1 Å². The maximum absolute atomic E-state index is 12.1. The van der Waals surface area contributed by atoms with Crippen molar-refractivity contribution in [2.24, 2.45) is 0 Å². The summed E-state index contributed by atoms with van der Waals surface area (Å²) in [5.74, 6) is -0.140. The number of aromatic amines is 1. The minimum absolute atomic E-state index is 0.0548. The van der Waals surface area contributed by atoms with Crippen molar-refractivity contribution in [3.05, 3.63) is 52.7 Å². The van der Waals surface area contributed by atoms with Crippen LogP contribution in [0.15, 0.2) is 41.5 Å². The van der Waals surface area contributed by atoms with Gasteiger partial charge in [0.1, 0.15) is 10.7 Å². The zero-order valence-electron chi connectivity index (χ0n) is 16.3. The Morgan fingerprint density at radius 2 is 2.00 bits per heavy atom. The summed E-state index contributed by atoms with van der Waals surface area (Å²) in [6.45, 7) is 2.65. The summed E-state index contributed by atoms with van der Waals surface area (Å²) in [6.07, 6.45) is 4.29. The van der Waals surface area contributed by atoms with Crippen molar-refractivity contribution in [1.29, 1.82) is 0 Å². The van der Waals surface area contributed by atoms with Crippen LogP contribution in [0.5, 0.6) is 0 Å². The molecule has 0 bridgehead atoms. The van der Waals surface area contributed by atoms with Gasteiger partial charge in [-0.1, -0.05) is 6.92 Å². The van der Waals surface area contributed by atoms with Crippen LogP contribution in [0.3, 0.4) is 0 Å². The van der Waals surface area contributed by atoms with Gasteiger partial charge in [-0.2, -0.15) is 5.10 Å². The first kappa shape index (κ1) is 19.0. The lowest BCUT2D eigenvalue weighted by Crippen LogP contribution is -2.22. The Balaban J connectivity index is 1.69. The predicted octanol–water partition coefficient (Wildman–Crippen LogP) is 3.02. The number of aryl methyl sites for hydroxylation is 1. The van der Waals surface area contributed by atoms with Crippen molar-refractivity contribution in [3.63, 3.8) is 0 Å². The highest BCUT2D eigenvalue weighted by molar-refractivity contribution is 7.18. The van der Waals surface area contributed by atoms with Crippen molar-refractivity contribution in [2.45, 2.75) is 19.9 Å². The molecule has 4 aromatic heterocycles. The molecule has 1 amide bonds. The Bertz CT molecular complexity index is 1240. The summed E-state index contributed by atoms with van der Waals surface area (Å²) < 4.78 is 1.68. The van der Waals surface area contributed by atoms with E-state index in [1.54, 1.807) is 49.3 Å². The second kappa shape index (κ2) is 7.59. The Hall–Kier alpha value is -3.33. The van der Waals surface area contributed by atoms with Gasteiger partial charge in [-0.3, -0.25) is 24.2 Å². The average Bonchev–Trinajstić information content (AvgIpc) is 3.36. The van der Waals surface area contributed by atoms with Crippen LogP contribution in [0.1, 0.15) is 23.8 Å². The molecule has 4 heterocycles. The minimum atomic E-state index is -0.140. The molecule has 9 heteroatoms. The molecule has 0 saturated carbocycles.